The van der Waals surface area contributed by atoms with Crippen LogP contribution in [-0.2, 0) is 22.4 Å². The molecule has 1 aliphatic rings. The second kappa shape index (κ2) is 9.90. The van der Waals surface area contributed by atoms with E-state index in [0.717, 1.165) is 23.2 Å². The summed E-state index contributed by atoms with van der Waals surface area (Å²) in [5.41, 5.74) is 2.07. The van der Waals surface area contributed by atoms with Crippen LogP contribution in [0, 0.1) is 5.92 Å². The zero-order chi connectivity index (χ0) is 23.4. The predicted molar refractivity (Wildman–Crippen MR) is 123 cm³/mol. The summed E-state index contributed by atoms with van der Waals surface area (Å²) < 4.78 is 10.9. The summed E-state index contributed by atoms with van der Waals surface area (Å²) in [4.78, 5) is 26.5. The van der Waals surface area contributed by atoms with Crippen LogP contribution in [0.1, 0.15) is 66.5 Å². The van der Waals surface area contributed by atoms with E-state index in [1.165, 1.54) is 0 Å². The molecule has 0 aromatic heterocycles. The van der Waals surface area contributed by atoms with Gasteiger partial charge in [0.1, 0.15) is 11.2 Å². The summed E-state index contributed by atoms with van der Waals surface area (Å²) in [6.07, 6.45) is 0.0818. The zero-order valence-corrected chi connectivity index (χ0v) is 20.3. The third kappa shape index (κ3) is 7.73. The first-order valence-electron chi connectivity index (χ1n) is 11.1. The number of para-hydroxylation sites is 1. The van der Waals surface area contributed by atoms with Gasteiger partial charge in [0.05, 0.1) is 5.69 Å². The molecule has 2 N–H and O–H groups in total. The maximum absolute atomic E-state index is 12.7. The Morgan fingerprint density at radius 3 is 2.29 bits per heavy atom. The van der Waals surface area contributed by atoms with Gasteiger partial charge >= 0.3 is 12.2 Å². The molecule has 1 unspecified atom stereocenters. The summed E-state index contributed by atoms with van der Waals surface area (Å²) in [6, 6.07) is 6.18. The number of alkyl carbamates (subject to hydrolysis) is 1. The highest BCUT2D eigenvalue weighted by Gasteiger charge is 2.31. The first-order chi connectivity index (χ1) is 14.3. The Hall–Kier alpha value is -2.28. The molecule has 0 aliphatic carbocycles. The van der Waals surface area contributed by atoms with Gasteiger partial charge < -0.3 is 20.1 Å². The first kappa shape index (κ1) is 25.0. The smallest absolute Gasteiger partial charge is 0.414 e. The monoisotopic (exact) mass is 433 g/mol. The minimum atomic E-state index is -0.539. The van der Waals surface area contributed by atoms with Crippen molar-refractivity contribution in [2.75, 3.05) is 18.0 Å². The number of amides is 2. The summed E-state index contributed by atoms with van der Waals surface area (Å²) in [5.74, 6) is 0.300. The van der Waals surface area contributed by atoms with Crippen molar-refractivity contribution in [1.29, 1.82) is 0 Å². The lowest BCUT2D eigenvalue weighted by atomic mass is 10.0. The van der Waals surface area contributed by atoms with Gasteiger partial charge in [-0.05, 0) is 65.0 Å². The number of fused-ring (bicyclic) bond motifs is 1. The molecule has 0 spiro atoms. The minimum Gasteiger partial charge on any atom is -0.444 e. The molecular weight excluding hydrogens is 394 g/mol. The number of nitrogens with zero attached hydrogens (tertiary/aromatic N) is 1. The number of anilines is 1. The van der Waals surface area contributed by atoms with Gasteiger partial charge in [-0.15, -0.1) is 0 Å². The van der Waals surface area contributed by atoms with Gasteiger partial charge in [-0.25, -0.2) is 9.59 Å². The normalized spacial score (nSPS) is 14.9. The average molecular weight is 434 g/mol. The van der Waals surface area contributed by atoms with Crippen LogP contribution in [0.2, 0.25) is 0 Å². The quantitative estimate of drug-likeness (QED) is 0.684. The van der Waals surface area contributed by atoms with E-state index in [0.29, 0.717) is 25.6 Å². The molecule has 1 atom stereocenters. The molecule has 1 aliphatic heterocycles. The molecule has 2 rings (SSSR count). The van der Waals surface area contributed by atoms with Crippen LogP contribution in [0.3, 0.4) is 0 Å². The molecule has 0 bridgehead atoms. The molecular formula is C24H39N3O4. The van der Waals surface area contributed by atoms with Crippen molar-refractivity contribution in [2.24, 2.45) is 5.92 Å². The highest BCUT2D eigenvalue weighted by molar-refractivity contribution is 5.91. The summed E-state index contributed by atoms with van der Waals surface area (Å²) in [7, 11) is 0. The maximum Gasteiger partial charge on any atom is 0.414 e. The van der Waals surface area contributed by atoms with E-state index in [9.17, 15) is 9.59 Å². The molecule has 0 saturated heterocycles. The van der Waals surface area contributed by atoms with Gasteiger partial charge in [0, 0.05) is 25.7 Å². The van der Waals surface area contributed by atoms with Crippen molar-refractivity contribution in [1.82, 2.24) is 10.6 Å². The Bertz CT molecular complexity index is 778. The van der Waals surface area contributed by atoms with Crippen LogP contribution in [0.4, 0.5) is 15.3 Å². The molecule has 0 fully saturated rings. The highest BCUT2D eigenvalue weighted by Crippen LogP contribution is 2.33. The van der Waals surface area contributed by atoms with Crippen molar-refractivity contribution in [2.45, 2.75) is 85.6 Å². The second-order valence-electron chi connectivity index (χ2n) is 10.4. The van der Waals surface area contributed by atoms with Gasteiger partial charge in [-0.3, -0.25) is 4.90 Å². The largest absolute Gasteiger partial charge is 0.444 e. The molecule has 1 heterocycles. The third-order valence-electron chi connectivity index (χ3n) is 4.92. The lowest BCUT2D eigenvalue weighted by Gasteiger charge is -2.27. The maximum atomic E-state index is 12.7. The topological polar surface area (TPSA) is 79.9 Å². The van der Waals surface area contributed by atoms with Crippen LogP contribution in [0.15, 0.2) is 18.2 Å². The van der Waals surface area contributed by atoms with Gasteiger partial charge in [-0.1, -0.05) is 32.0 Å². The van der Waals surface area contributed by atoms with E-state index in [2.05, 4.69) is 30.5 Å². The number of hydrogen-bond acceptors (Lipinski definition) is 5. The second-order valence-corrected chi connectivity index (χ2v) is 10.4. The third-order valence-corrected chi connectivity index (χ3v) is 4.92. The highest BCUT2D eigenvalue weighted by atomic mass is 16.6. The molecule has 7 nitrogen and oxygen atoms in total. The lowest BCUT2D eigenvalue weighted by molar-refractivity contribution is 0.0517. The molecule has 2 amide bonds. The fraction of sp³-hybridized carbons (Fsp3) is 0.667. The van der Waals surface area contributed by atoms with E-state index in [1.54, 1.807) is 4.90 Å². The van der Waals surface area contributed by atoms with Crippen LogP contribution in [0.5, 0.6) is 0 Å². The Kier molecular flexibility index (Phi) is 7.98. The molecule has 0 saturated carbocycles. The number of carbonyl (C=O) groups excluding carboxylic acids is 2. The van der Waals surface area contributed by atoms with Crippen LogP contribution in [0.25, 0.3) is 0 Å². The van der Waals surface area contributed by atoms with E-state index < -0.39 is 17.3 Å². The SMILES string of the molecule is CC(C)C(CNC(=O)OC(C)(C)C)NCc1cccc2c1N(C(=O)OC(C)(C)C)CC2. The average Bonchev–Trinajstić information content (AvgIpc) is 3.03. The number of rotatable bonds is 6. The minimum absolute atomic E-state index is 0.0553. The molecule has 1 aromatic carbocycles. The van der Waals surface area contributed by atoms with Crippen molar-refractivity contribution >= 4 is 17.9 Å². The van der Waals surface area contributed by atoms with Gasteiger partial charge in [0.2, 0.25) is 0 Å². The first-order valence-corrected chi connectivity index (χ1v) is 11.1. The number of benzene rings is 1. The molecule has 31 heavy (non-hydrogen) atoms. The Morgan fingerprint density at radius 1 is 1.06 bits per heavy atom. The van der Waals surface area contributed by atoms with Crippen LogP contribution in [-0.4, -0.2) is 42.5 Å². The van der Waals surface area contributed by atoms with Crippen molar-refractivity contribution in [3.8, 4) is 0 Å². The fourth-order valence-corrected chi connectivity index (χ4v) is 3.47. The number of ether oxygens (including phenoxy) is 2. The number of nitrogens with one attached hydrogen (secondary N) is 2. The summed E-state index contributed by atoms with van der Waals surface area (Å²) in [5, 5.41) is 6.40. The van der Waals surface area contributed by atoms with Crippen LogP contribution >= 0.6 is 0 Å². The number of hydrogen-bond donors (Lipinski definition) is 2. The Labute approximate surface area is 186 Å². The molecule has 1 aromatic rings. The van der Waals surface area contributed by atoms with Gasteiger partial charge in [0.25, 0.3) is 0 Å². The van der Waals surface area contributed by atoms with E-state index in [-0.39, 0.29) is 12.1 Å². The summed E-state index contributed by atoms with van der Waals surface area (Å²) in [6.45, 7) is 17.0. The van der Waals surface area contributed by atoms with Crippen molar-refractivity contribution < 1.29 is 19.1 Å². The molecule has 0 radical (unpaired) electrons. The lowest BCUT2D eigenvalue weighted by Crippen LogP contribution is -2.45. The number of carbonyl (C=O) groups is 2. The molecule has 7 heteroatoms. The standard InChI is InChI=1S/C24H39N3O4/c1-16(2)19(15-26-21(28)30-23(3,4)5)25-14-18-11-9-10-17-12-13-27(20(17)18)22(29)31-24(6,7)8/h9-11,16,19,25H,12-15H2,1-8H3,(H,26,28). The van der Waals surface area contributed by atoms with Crippen molar-refractivity contribution in [3.05, 3.63) is 29.3 Å². The zero-order valence-electron chi connectivity index (χ0n) is 20.3. The Balaban J connectivity index is 2.06. The Morgan fingerprint density at radius 2 is 1.71 bits per heavy atom. The van der Waals surface area contributed by atoms with Crippen LogP contribution < -0.4 is 15.5 Å². The summed E-state index contributed by atoms with van der Waals surface area (Å²) >= 11 is 0. The van der Waals surface area contributed by atoms with E-state index >= 15 is 0 Å². The molecule has 174 valence electrons. The van der Waals surface area contributed by atoms with Gasteiger partial charge in [0.15, 0.2) is 0 Å². The fourth-order valence-electron chi connectivity index (χ4n) is 3.47. The van der Waals surface area contributed by atoms with Crippen molar-refractivity contribution in [3.63, 3.8) is 0 Å². The van der Waals surface area contributed by atoms with E-state index in [1.807, 2.05) is 53.7 Å². The predicted octanol–water partition coefficient (Wildman–Crippen LogP) is 4.62. The van der Waals surface area contributed by atoms with E-state index in [4.69, 9.17) is 9.47 Å². The van der Waals surface area contributed by atoms with Gasteiger partial charge in [-0.2, -0.15) is 0 Å².